The molecule has 24 heavy (non-hydrogen) atoms. The molecule has 1 N–H and O–H groups in total. The molecule has 0 aromatic heterocycles. The van der Waals surface area contributed by atoms with Gasteiger partial charge in [0.25, 0.3) is 0 Å². The predicted molar refractivity (Wildman–Crippen MR) is 100 cm³/mol. The van der Waals surface area contributed by atoms with E-state index in [2.05, 4.69) is 50.1 Å². The maximum absolute atomic E-state index is 12.9. The quantitative estimate of drug-likeness (QED) is 0.751. The molecule has 130 valence electrons. The number of rotatable bonds is 5. The van der Waals surface area contributed by atoms with Gasteiger partial charge in [-0.2, -0.15) is 0 Å². The zero-order valence-electron chi connectivity index (χ0n) is 15.3. The molecular formula is C21H30N2O. The molecular weight excluding hydrogens is 296 g/mol. The second kappa shape index (κ2) is 7.00. The molecule has 1 saturated carbocycles. The molecule has 0 radical (unpaired) electrons. The van der Waals surface area contributed by atoms with E-state index in [-0.39, 0.29) is 12.1 Å². The van der Waals surface area contributed by atoms with Crippen LogP contribution in [-0.2, 0) is 0 Å². The van der Waals surface area contributed by atoms with Gasteiger partial charge in [0.2, 0.25) is 0 Å². The average molecular weight is 326 g/mol. The van der Waals surface area contributed by atoms with Gasteiger partial charge in [-0.15, -0.1) is 0 Å². The number of aryl methyl sites for hydroxylation is 1. The van der Waals surface area contributed by atoms with Gasteiger partial charge in [0.15, 0.2) is 0 Å². The van der Waals surface area contributed by atoms with Gasteiger partial charge in [0.05, 0.1) is 0 Å². The van der Waals surface area contributed by atoms with Crippen LogP contribution in [0.3, 0.4) is 0 Å². The van der Waals surface area contributed by atoms with Gasteiger partial charge in [-0.1, -0.05) is 43.7 Å². The molecule has 3 heteroatoms. The minimum Gasteiger partial charge on any atom is -0.321 e. The number of allylic oxidation sites excluding steroid dienone is 2. The lowest BCUT2D eigenvalue weighted by Gasteiger charge is -2.35. The van der Waals surface area contributed by atoms with Gasteiger partial charge in [-0.25, -0.2) is 4.79 Å². The first kappa shape index (κ1) is 17.1. The Labute approximate surface area is 146 Å². The number of nitrogens with one attached hydrogen (secondary N) is 1. The van der Waals surface area contributed by atoms with Crippen LogP contribution in [0.15, 0.2) is 36.4 Å². The fraction of sp³-hybridized carbons (Fsp3) is 0.571. The minimum atomic E-state index is 0.0341. The molecule has 0 heterocycles. The van der Waals surface area contributed by atoms with Crippen molar-refractivity contribution in [2.24, 2.45) is 23.7 Å². The van der Waals surface area contributed by atoms with E-state index in [1.54, 1.807) is 0 Å². The summed E-state index contributed by atoms with van der Waals surface area (Å²) in [6, 6.07) is 8.29. The van der Waals surface area contributed by atoms with Crippen LogP contribution in [0.1, 0.15) is 39.2 Å². The summed E-state index contributed by atoms with van der Waals surface area (Å²) in [5.74, 6) is 2.48. The summed E-state index contributed by atoms with van der Waals surface area (Å²) in [5, 5.41) is 3.09. The monoisotopic (exact) mass is 326 g/mol. The highest BCUT2D eigenvalue weighted by atomic mass is 16.2. The van der Waals surface area contributed by atoms with Gasteiger partial charge >= 0.3 is 6.03 Å². The first-order valence-corrected chi connectivity index (χ1v) is 9.26. The van der Waals surface area contributed by atoms with E-state index >= 15 is 0 Å². The highest BCUT2D eigenvalue weighted by molar-refractivity contribution is 5.89. The summed E-state index contributed by atoms with van der Waals surface area (Å²) < 4.78 is 0. The second-order valence-corrected chi connectivity index (χ2v) is 7.97. The Hall–Kier alpha value is -1.77. The van der Waals surface area contributed by atoms with Crippen molar-refractivity contribution >= 4 is 11.7 Å². The van der Waals surface area contributed by atoms with Crippen LogP contribution in [0.25, 0.3) is 0 Å². The summed E-state index contributed by atoms with van der Waals surface area (Å²) in [6.07, 6.45) is 7.26. The largest absolute Gasteiger partial charge is 0.322 e. The Balaban J connectivity index is 1.70. The molecule has 2 amide bonds. The maximum atomic E-state index is 12.9. The molecule has 0 spiro atoms. The second-order valence-electron chi connectivity index (χ2n) is 7.97. The van der Waals surface area contributed by atoms with Crippen LogP contribution in [0.5, 0.6) is 0 Å². The van der Waals surface area contributed by atoms with Crippen LogP contribution in [0.4, 0.5) is 10.5 Å². The van der Waals surface area contributed by atoms with Crippen molar-refractivity contribution in [2.45, 2.75) is 46.6 Å². The third-order valence-electron chi connectivity index (χ3n) is 5.87. The highest BCUT2D eigenvalue weighted by Gasteiger charge is 2.38. The Morgan fingerprint density at radius 3 is 2.42 bits per heavy atom. The van der Waals surface area contributed by atoms with Crippen molar-refractivity contribution in [3.05, 3.63) is 42.0 Å². The van der Waals surface area contributed by atoms with Crippen LogP contribution < -0.4 is 5.32 Å². The van der Waals surface area contributed by atoms with E-state index in [1.165, 1.54) is 18.4 Å². The third kappa shape index (κ3) is 3.66. The van der Waals surface area contributed by atoms with Gasteiger partial charge in [-0.3, -0.25) is 0 Å². The van der Waals surface area contributed by atoms with E-state index in [1.807, 2.05) is 24.3 Å². The fourth-order valence-corrected chi connectivity index (χ4v) is 3.98. The molecule has 0 saturated heterocycles. The van der Waals surface area contributed by atoms with Crippen LogP contribution in [0, 0.1) is 30.6 Å². The van der Waals surface area contributed by atoms with Gasteiger partial charge in [-0.05, 0) is 62.5 Å². The van der Waals surface area contributed by atoms with Crippen LogP contribution >= 0.6 is 0 Å². The Morgan fingerprint density at radius 2 is 1.88 bits per heavy atom. The zero-order valence-corrected chi connectivity index (χ0v) is 15.3. The number of carbonyl (C=O) groups excluding carboxylic acids is 1. The first-order chi connectivity index (χ1) is 11.4. The fourth-order valence-electron chi connectivity index (χ4n) is 3.98. The third-order valence-corrected chi connectivity index (χ3v) is 5.87. The number of fused-ring (bicyclic) bond motifs is 2. The van der Waals surface area contributed by atoms with Crippen molar-refractivity contribution in [1.29, 1.82) is 0 Å². The SMILES string of the molecule is Cc1ccc(NC(=O)N(CC2CC3C=CC2C3)C(C)C(C)C)cc1. The molecule has 1 fully saturated rings. The molecule has 2 aliphatic rings. The molecule has 3 nitrogen and oxygen atoms in total. The van der Waals surface area contributed by atoms with Crippen molar-refractivity contribution in [3.63, 3.8) is 0 Å². The predicted octanol–water partition coefficient (Wildman–Crippen LogP) is 5.09. The summed E-state index contributed by atoms with van der Waals surface area (Å²) >= 11 is 0. The van der Waals surface area contributed by atoms with Gasteiger partial charge in [0.1, 0.15) is 0 Å². The molecule has 1 aromatic carbocycles. The summed E-state index contributed by atoms with van der Waals surface area (Å²) in [4.78, 5) is 15.0. The number of benzene rings is 1. The van der Waals surface area contributed by atoms with E-state index in [9.17, 15) is 4.79 Å². The molecule has 2 bridgehead atoms. The normalized spacial score (nSPS) is 26.0. The van der Waals surface area contributed by atoms with E-state index < -0.39 is 0 Å². The molecule has 0 aliphatic heterocycles. The van der Waals surface area contributed by atoms with Gasteiger partial charge in [0, 0.05) is 18.3 Å². The standard InChI is InChI=1S/C21H30N2O/c1-14(2)16(4)23(13-19-12-17-7-8-18(19)11-17)21(24)22-20-9-5-15(3)6-10-20/h5-10,14,16-19H,11-13H2,1-4H3,(H,22,24). The highest BCUT2D eigenvalue weighted by Crippen LogP contribution is 2.44. The van der Waals surface area contributed by atoms with Crippen molar-refractivity contribution in [2.75, 3.05) is 11.9 Å². The molecule has 3 rings (SSSR count). The van der Waals surface area contributed by atoms with Crippen molar-refractivity contribution in [3.8, 4) is 0 Å². The summed E-state index contributed by atoms with van der Waals surface area (Å²) in [6.45, 7) is 9.47. The summed E-state index contributed by atoms with van der Waals surface area (Å²) in [5.41, 5.74) is 2.08. The smallest absolute Gasteiger partial charge is 0.321 e. The molecule has 2 aliphatic carbocycles. The number of hydrogen-bond acceptors (Lipinski definition) is 1. The number of urea groups is 1. The molecule has 4 atom stereocenters. The van der Waals surface area contributed by atoms with Crippen LogP contribution in [0.2, 0.25) is 0 Å². The zero-order chi connectivity index (χ0) is 17.3. The van der Waals surface area contributed by atoms with Crippen molar-refractivity contribution in [1.82, 2.24) is 4.90 Å². The minimum absolute atomic E-state index is 0.0341. The Morgan fingerprint density at radius 1 is 1.17 bits per heavy atom. The number of nitrogens with zero attached hydrogens (tertiary/aromatic N) is 1. The molecule has 4 unspecified atom stereocenters. The Bertz CT molecular complexity index is 605. The van der Waals surface area contributed by atoms with Gasteiger partial charge < -0.3 is 10.2 Å². The molecule has 1 aromatic rings. The van der Waals surface area contributed by atoms with Crippen molar-refractivity contribution < 1.29 is 4.79 Å². The van der Waals surface area contributed by atoms with E-state index in [0.29, 0.717) is 17.8 Å². The number of anilines is 1. The lowest BCUT2D eigenvalue weighted by molar-refractivity contribution is 0.154. The van der Waals surface area contributed by atoms with E-state index in [4.69, 9.17) is 0 Å². The van der Waals surface area contributed by atoms with E-state index in [0.717, 1.165) is 18.2 Å². The topological polar surface area (TPSA) is 32.3 Å². The first-order valence-electron chi connectivity index (χ1n) is 9.26. The average Bonchev–Trinajstić information content (AvgIpc) is 3.16. The number of hydrogen-bond donors (Lipinski definition) is 1. The lowest BCUT2D eigenvalue weighted by Crippen LogP contribution is -2.46. The summed E-state index contributed by atoms with van der Waals surface area (Å²) in [7, 11) is 0. The number of carbonyl (C=O) groups is 1. The Kier molecular flexibility index (Phi) is 4.98. The lowest BCUT2D eigenvalue weighted by atomic mass is 9.92. The van der Waals surface area contributed by atoms with Crippen LogP contribution in [-0.4, -0.2) is 23.5 Å². The number of amides is 2. The maximum Gasteiger partial charge on any atom is 0.322 e.